The highest BCUT2D eigenvalue weighted by molar-refractivity contribution is 6.31. The van der Waals surface area contributed by atoms with Crippen molar-refractivity contribution in [2.45, 2.75) is 6.42 Å². The summed E-state index contributed by atoms with van der Waals surface area (Å²) in [5.41, 5.74) is 1.40. The minimum absolute atomic E-state index is 0.00713. The minimum Gasteiger partial charge on any atom is -0.395 e. The van der Waals surface area contributed by atoms with E-state index >= 15 is 0 Å². The van der Waals surface area contributed by atoms with E-state index in [-0.39, 0.29) is 12.5 Å². The maximum atomic E-state index is 12.7. The number of aliphatic hydroxyl groups is 1. The zero-order valence-corrected chi connectivity index (χ0v) is 13.1. The van der Waals surface area contributed by atoms with Crippen LogP contribution in [0.1, 0.15) is 16.8 Å². The summed E-state index contributed by atoms with van der Waals surface area (Å²) in [6, 6.07) is 5.31. The number of nitrogens with zero attached hydrogens (tertiary/aromatic N) is 2. The smallest absolute Gasteiger partial charge is 0.256 e. The molecule has 1 saturated heterocycles. The fourth-order valence-electron chi connectivity index (χ4n) is 2.62. The van der Waals surface area contributed by atoms with Gasteiger partial charge in [0, 0.05) is 43.9 Å². The molecule has 6 heteroatoms. The van der Waals surface area contributed by atoms with Gasteiger partial charge in [-0.3, -0.25) is 9.69 Å². The maximum Gasteiger partial charge on any atom is 0.256 e. The third-order valence-electron chi connectivity index (χ3n) is 3.77. The molecule has 0 spiro atoms. The zero-order valence-electron chi connectivity index (χ0n) is 12.3. The lowest BCUT2D eigenvalue weighted by Crippen LogP contribution is -2.36. The van der Waals surface area contributed by atoms with Gasteiger partial charge in [-0.1, -0.05) is 11.6 Å². The van der Waals surface area contributed by atoms with Crippen molar-refractivity contribution in [3.05, 3.63) is 28.8 Å². The molecule has 2 N–H and O–H groups in total. The molecule has 1 aliphatic rings. The van der Waals surface area contributed by atoms with Gasteiger partial charge in [-0.05, 0) is 31.2 Å². The monoisotopic (exact) mass is 311 g/mol. The number of hydrogen-bond acceptors (Lipinski definition) is 4. The first-order valence-electron chi connectivity index (χ1n) is 7.25. The Labute approximate surface area is 130 Å². The first kappa shape index (κ1) is 16.1. The van der Waals surface area contributed by atoms with Crippen LogP contribution in [0, 0.1) is 0 Å². The number of rotatable bonds is 4. The van der Waals surface area contributed by atoms with E-state index in [0.29, 0.717) is 23.7 Å². The van der Waals surface area contributed by atoms with Crippen molar-refractivity contribution in [1.29, 1.82) is 0 Å². The van der Waals surface area contributed by atoms with Crippen molar-refractivity contribution in [2.24, 2.45) is 0 Å². The minimum atomic E-state index is 0.00713. The molecule has 1 fully saturated rings. The van der Waals surface area contributed by atoms with Gasteiger partial charge in [0.05, 0.1) is 12.2 Å². The van der Waals surface area contributed by atoms with E-state index < -0.39 is 0 Å². The van der Waals surface area contributed by atoms with Crippen LogP contribution in [0.5, 0.6) is 0 Å². The van der Waals surface area contributed by atoms with Crippen molar-refractivity contribution in [3.63, 3.8) is 0 Å². The van der Waals surface area contributed by atoms with Crippen LogP contribution in [0.15, 0.2) is 18.2 Å². The summed E-state index contributed by atoms with van der Waals surface area (Å²) in [6.45, 7) is 3.94. The number of halogens is 1. The van der Waals surface area contributed by atoms with E-state index in [1.807, 2.05) is 11.0 Å². The Hall–Kier alpha value is -1.30. The van der Waals surface area contributed by atoms with Gasteiger partial charge in [0.2, 0.25) is 0 Å². The first-order valence-corrected chi connectivity index (χ1v) is 7.63. The molecular formula is C15H22ClN3O2. The Morgan fingerprint density at radius 2 is 2.14 bits per heavy atom. The summed E-state index contributed by atoms with van der Waals surface area (Å²) >= 11 is 6.02. The van der Waals surface area contributed by atoms with Gasteiger partial charge >= 0.3 is 0 Å². The van der Waals surface area contributed by atoms with E-state index in [2.05, 4.69) is 10.2 Å². The summed E-state index contributed by atoms with van der Waals surface area (Å²) in [4.78, 5) is 16.8. The van der Waals surface area contributed by atoms with Crippen LogP contribution in [0.2, 0.25) is 5.02 Å². The van der Waals surface area contributed by atoms with Crippen LogP contribution in [0.4, 0.5) is 5.69 Å². The second-order valence-corrected chi connectivity index (χ2v) is 5.59. The molecule has 21 heavy (non-hydrogen) atoms. The Morgan fingerprint density at radius 1 is 1.33 bits per heavy atom. The molecule has 1 aromatic rings. The Bertz CT molecular complexity index is 496. The van der Waals surface area contributed by atoms with Crippen LogP contribution in [-0.4, -0.2) is 67.2 Å². The molecule has 1 amide bonds. The molecule has 0 saturated carbocycles. The van der Waals surface area contributed by atoms with Crippen molar-refractivity contribution >= 4 is 23.2 Å². The number of carbonyl (C=O) groups excluding carboxylic acids is 1. The first-order chi connectivity index (χ1) is 10.2. The van der Waals surface area contributed by atoms with E-state index in [1.165, 1.54) is 0 Å². The fourth-order valence-corrected chi connectivity index (χ4v) is 2.79. The predicted octanol–water partition coefficient (Wildman–Crippen LogP) is 1.52. The van der Waals surface area contributed by atoms with Crippen LogP contribution < -0.4 is 5.32 Å². The predicted molar refractivity (Wildman–Crippen MR) is 85.0 cm³/mol. The molecule has 0 aliphatic carbocycles. The highest BCUT2D eigenvalue weighted by Crippen LogP contribution is 2.22. The van der Waals surface area contributed by atoms with Gasteiger partial charge in [-0.15, -0.1) is 0 Å². The van der Waals surface area contributed by atoms with Crippen LogP contribution >= 0.6 is 11.6 Å². The van der Waals surface area contributed by atoms with Gasteiger partial charge in [-0.2, -0.15) is 0 Å². The largest absolute Gasteiger partial charge is 0.395 e. The van der Waals surface area contributed by atoms with Crippen LogP contribution in [-0.2, 0) is 0 Å². The molecule has 116 valence electrons. The van der Waals surface area contributed by atoms with Crippen molar-refractivity contribution < 1.29 is 9.90 Å². The number of hydrogen-bond donors (Lipinski definition) is 2. The molecule has 0 radical (unpaired) electrons. The standard InChI is InChI=1S/C15H22ClN3O2/c1-17-14-4-3-12(16)11-13(14)15(21)19-6-2-5-18(7-8-19)9-10-20/h3-4,11,17,20H,2,5-10H2,1H3. The lowest BCUT2D eigenvalue weighted by atomic mass is 10.1. The molecular weight excluding hydrogens is 290 g/mol. The molecule has 1 aromatic carbocycles. The second-order valence-electron chi connectivity index (χ2n) is 5.15. The summed E-state index contributed by atoms with van der Waals surface area (Å²) in [5, 5.41) is 12.6. The quantitative estimate of drug-likeness (QED) is 0.885. The summed E-state index contributed by atoms with van der Waals surface area (Å²) in [7, 11) is 1.80. The van der Waals surface area contributed by atoms with E-state index in [4.69, 9.17) is 16.7 Å². The normalized spacial score (nSPS) is 16.6. The topological polar surface area (TPSA) is 55.8 Å². The number of amides is 1. The van der Waals surface area contributed by atoms with Crippen molar-refractivity contribution in [2.75, 3.05) is 51.7 Å². The molecule has 0 bridgehead atoms. The second kappa shape index (κ2) is 7.64. The number of aliphatic hydroxyl groups excluding tert-OH is 1. The summed E-state index contributed by atoms with van der Waals surface area (Å²) < 4.78 is 0. The van der Waals surface area contributed by atoms with E-state index in [9.17, 15) is 4.79 Å². The summed E-state index contributed by atoms with van der Waals surface area (Å²) in [6.07, 6.45) is 0.918. The zero-order chi connectivity index (χ0) is 15.2. The Balaban J connectivity index is 2.11. The Kier molecular flexibility index (Phi) is 5.85. The average molecular weight is 312 g/mol. The number of β-amino-alcohol motifs (C(OH)–C–C–N with tert-alkyl or cyclic N) is 1. The van der Waals surface area contributed by atoms with Crippen LogP contribution in [0.3, 0.4) is 0 Å². The number of carbonyl (C=O) groups is 1. The molecule has 0 unspecified atom stereocenters. The third-order valence-corrected chi connectivity index (χ3v) is 4.01. The Morgan fingerprint density at radius 3 is 2.86 bits per heavy atom. The van der Waals surface area contributed by atoms with E-state index in [1.54, 1.807) is 19.2 Å². The average Bonchev–Trinajstić information content (AvgIpc) is 2.72. The SMILES string of the molecule is CNc1ccc(Cl)cc1C(=O)N1CCCN(CCO)CC1. The molecule has 0 aromatic heterocycles. The van der Waals surface area contributed by atoms with Gasteiger partial charge in [0.15, 0.2) is 0 Å². The van der Waals surface area contributed by atoms with Crippen LogP contribution in [0.25, 0.3) is 0 Å². The van der Waals surface area contributed by atoms with Gasteiger partial charge < -0.3 is 15.3 Å². The van der Waals surface area contributed by atoms with Crippen molar-refractivity contribution in [3.8, 4) is 0 Å². The van der Waals surface area contributed by atoms with Gasteiger partial charge in [0.1, 0.15) is 0 Å². The van der Waals surface area contributed by atoms with Gasteiger partial charge in [-0.25, -0.2) is 0 Å². The van der Waals surface area contributed by atoms with Crippen molar-refractivity contribution in [1.82, 2.24) is 9.80 Å². The molecule has 1 aliphatic heterocycles. The molecule has 0 atom stereocenters. The lowest BCUT2D eigenvalue weighted by molar-refractivity contribution is 0.0761. The highest BCUT2D eigenvalue weighted by atomic mass is 35.5. The molecule has 5 nitrogen and oxygen atoms in total. The molecule has 1 heterocycles. The molecule has 2 rings (SSSR count). The van der Waals surface area contributed by atoms with E-state index in [0.717, 1.165) is 31.7 Å². The maximum absolute atomic E-state index is 12.7. The number of anilines is 1. The number of benzene rings is 1. The number of nitrogens with one attached hydrogen (secondary N) is 1. The van der Waals surface area contributed by atoms with Gasteiger partial charge in [0.25, 0.3) is 5.91 Å². The third kappa shape index (κ3) is 4.09. The highest BCUT2D eigenvalue weighted by Gasteiger charge is 2.22. The lowest BCUT2D eigenvalue weighted by Gasteiger charge is -2.22. The summed E-state index contributed by atoms with van der Waals surface area (Å²) in [5.74, 6) is 0.00713. The fraction of sp³-hybridized carbons (Fsp3) is 0.533.